The van der Waals surface area contributed by atoms with Gasteiger partial charge in [-0.2, -0.15) is 0 Å². The Morgan fingerprint density at radius 2 is 2.32 bits per heavy atom. The lowest BCUT2D eigenvalue weighted by Gasteiger charge is -2.07. The Morgan fingerprint density at radius 3 is 2.84 bits per heavy atom. The lowest BCUT2D eigenvalue weighted by molar-refractivity contribution is -0.385. The molecule has 1 saturated carbocycles. The van der Waals surface area contributed by atoms with Crippen molar-refractivity contribution >= 4 is 23.2 Å². The summed E-state index contributed by atoms with van der Waals surface area (Å²) < 4.78 is 0. The molecular formula is C12H14ClN3O3. The third-order valence-electron chi connectivity index (χ3n) is 3.52. The molecule has 1 atom stereocenters. The number of nitrogens with zero attached hydrogens (tertiary/aromatic N) is 2. The number of pyridine rings is 1. The predicted molar refractivity (Wildman–Crippen MR) is 70.1 cm³/mol. The van der Waals surface area contributed by atoms with Gasteiger partial charge in [0.1, 0.15) is 16.9 Å². The zero-order chi connectivity index (χ0) is 14.2. The van der Waals surface area contributed by atoms with E-state index in [2.05, 4.69) is 24.1 Å². The Kier molecular flexibility index (Phi) is 3.45. The molecule has 0 aromatic carbocycles. The summed E-state index contributed by atoms with van der Waals surface area (Å²) in [5.74, 6) is -0.0634. The molecule has 2 rings (SSSR count). The molecule has 0 aliphatic heterocycles. The number of rotatable bonds is 4. The van der Waals surface area contributed by atoms with Crippen molar-refractivity contribution in [3.63, 3.8) is 0 Å². The molecule has 1 amide bonds. The number of halogens is 1. The number of nitro groups is 1. The van der Waals surface area contributed by atoms with Crippen LogP contribution in [-0.4, -0.2) is 22.4 Å². The van der Waals surface area contributed by atoms with Crippen LogP contribution in [0.15, 0.2) is 12.3 Å². The van der Waals surface area contributed by atoms with Crippen molar-refractivity contribution < 1.29 is 9.72 Å². The maximum absolute atomic E-state index is 12.0. The second-order valence-electron chi connectivity index (χ2n) is 5.38. The van der Waals surface area contributed by atoms with Gasteiger partial charge in [0.05, 0.1) is 4.92 Å². The Morgan fingerprint density at radius 1 is 1.68 bits per heavy atom. The van der Waals surface area contributed by atoms with Crippen LogP contribution >= 0.6 is 11.6 Å². The van der Waals surface area contributed by atoms with Crippen LogP contribution < -0.4 is 5.32 Å². The minimum atomic E-state index is -0.640. The topological polar surface area (TPSA) is 85.1 Å². The van der Waals surface area contributed by atoms with Gasteiger partial charge in [-0.3, -0.25) is 14.9 Å². The monoisotopic (exact) mass is 283 g/mol. The number of nitrogens with one attached hydrogen (secondary N) is 1. The van der Waals surface area contributed by atoms with Gasteiger partial charge >= 0.3 is 0 Å². The fourth-order valence-corrected chi connectivity index (χ4v) is 2.14. The molecule has 1 fully saturated rings. The van der Waals surface area contributed by atoms with Gasteiger partial charge in [-0.05, 0) is 23.8 Å². The Hall–Kier alpha value is -1.69. The highest BCUT2D eigenvalue weighted by Crippen LogP contribution is 2.51. The van der Waals surface area contributed by atoms with E-state index in [9.17, 15) is 14.9 Å². The van der Waals surface area contributed by atoms with Crippen LogP contribution in [0, 0.1) is 21.4 Å². The molecule has 1 unspecified atom stereocenters. The quantitative estimate of drug-likeness (QED) is 0.522. The fourth-order valence-electron chi connectivity index (χ4n) is 1.99. The van der Waals surface area contributed by atoms with E-state index < -0.39 is 10.8 Å². The van der Waals surface area contributed by atoms with Gasteiger partial charge in [-0.1, -0.05) is 25.4 Å². The van der Waals surface area contributed by atoms with Crippen LogP contribution in [0.4, 0.5) is 5.69 Å². The maximum atomic E-state index is 12.0. The van der Waals surface area contributed by atoms with Gasteiger partial charge in [0.2, 0.25) is 0 Å². The van der Waals surface area contributed by atoms with Gasteiger partial charge in [0, 0.05) is 6.54 Å². The molecule has 6 nitrogen and oxygen atoms in total. The molecule has 1 aliphatic carbocycles. The number of aromatic nitrogens is 1. The molecular weight excluding hydrogens is 270 g/mol. The van der Waals surface area contributed by atoms with Crippen LogP contribution in [0.1, 0.15) is 30.6 Å². The lowest BCUT2D eigenvalue weighted by atomic mass is 10.1. The number of hydrogen-bond acceptors (Lipinski definition) is 4. The molecule has 1 aromatic rings. The van der Waals surface area contributed by atoms with E-state index in [0.29, 0.717) is 12.5 Å². The normalized spacial score (nSPS) is 19.8. The zero-order valence-electron chi connectivity index (χ0n) is 10.6. The van der Waals surface area contributed by atoms with E-state index >= 15 is 0 Å². The highest BCUT2D eigenvalue weighted by molar-refractivity contribution is 6.29. The summed E-state index contributed by atoms with van der Waals surface area (Å²) >= 11 is 5.67. The van der Waals surface area contributed by atoms with Crippen molar-refractivity contribution in [2.24, 2.45) is 11.3 Å². The van der Waals surface area contributed by atoms with E-state index in [4.69, 9.17) is 11.6 Å². The van der Waals surface area contributed by atoms with Crippen molar-refractivity contribution in [2.45, 2.75) is 20.3 Å². The van der Waals surface area contributed by atoms with Crippen molar-refractivity contribution in [1.29, 1.82) is 0 Å². The summed E-state index contributed by atoms with van der Waals surface area (Å²) in [7, 11) is 0. The van der Waals surface area contributed by atoms with Crippen LogP contribution in [0.3, 0.4) is 0 Å². The van der Waals surface area contributed by atoms with Gasteiger partial charge in [0.15, 0.2) is 0 Å². The van der Waals surface area contributed by atoms with Gasteiger partial charge in [-0.25, -0.2) is 4.98 Å². The summed E-state index contributed by atoms with van der Waals surface area (Å²) in [5.41, 5.74) is -0.143. The first-order valence-electron chi connectivity index (χ1n) is 5.89. The Bertz CT molecular complexity index is 545. The minimum Gasteiger partial charge on any atom is -0.352 e. The van der Waals surface area contributed by atoms with Gasteiger partial charge < -0.3 is 5.32 Å². The Balaban J connectivity index is 2.10. The van der Waals surface area contributed by atoms with Crippen LogP contribution in [0.2, 0.25) is 5.15 Å². The molecule has 0 bridgehead atoms. The number of amides is 1. The van der Waals surface area contributed by atoms with E-state index in [0.717, 1.165) is 12.6 Å². The second kappa shape index (κ2) is 4.77. The number of hydrogen-bond donors (Lipinski definition) is 1. The molecule has 1 aromatic heterocycles. The zero-order valence-corrected chi connectivity index (χ0v) is 11.4. The summed E-state index contributed by atoms with van der Waals surface area (Å²) in [4.78, 5) is 25.8. The third-order valence-corrected chi connectivity index (χ3v) is 3.72. The van der Waals surface area contributed by atoms with Crippen molar-refractivity contribution in [2.75, 3.05) is 6.54 Å². The van der Waals surface area contributed by atoms with E-state index in [-0.39, 0.29) is 21.8 Å². The highest BCUT2D eigenvalue weighted by atomic mass is 35.5. The van der Waals surface area contributed by atoms with E-state index in [1.54, 1.807) is 0 Å². The first-order valence-corrected chi connectivity index (χ1v) is 6.27. The molecule has 1 heterocycles. The second-order valence-corrected chi connectivity index (χ2v) is 5.77. The largest absolute Gasteiger partial charge is 0.352 e. The average Bonchev–Trinajstić information content (AvgIpc) is 2.93. The molecule has 102 valence electrons. The molecule has 19 heavy (non-hydrogen) atoms. The third kappa shape index (κ3) is 3.01. The van der Waals surface area contributed by atoms with Gasteiger partial charge in [-0.15, -0.1) is 0 Å². The first kappa shape index (κ1) is 13.7. The standard InChI is InChI=1S/C12H14ClN3O3/c1-12(2)4-7(12)5-15-11(17)8-3-10(13)14-6-9(8)16(18)19/h3,6-7H,4-5H2,1-2H3,(H,15,17). The Labute approximate surface area is 115 Å². The number of carbonyl (C=O) groups is 1. The SMILES string of the molecule is CC1(C)CC1CNC(=O)c1cc(Cl)ncc1[N+](=O)[O-]. The van der Waals surface area contributed by atoms with Crippen molar-refractivity contribution in [3.8, 4) is 0 Å². The molecule has 1 aliphatic rings. The summed E-state index contributed by atoms with van der Waals surface area (Å²) in [6.07, 6.45) is 2.05. The highest BCUT2D eigenvalue weighted by Gasteiger charge is 2.45. The van der Waals surface area contributed by atoms with Crippen LogP contribution in [0.25, 0.3) is 0 Å². The summed E-state index contributed by atoms with van der Waals surface area (Å²) in [6.45, 7) is 4.76. The van der Waals surface area contributed by atoms with Crippen LogP contribution in [-0.2, 0) is 0 Å². The van der Waals surface area contributed by atoms with E-state index in [1.165, 1.54) is 6.07 Å². The fraction of sp³-hybridized carbons (Fsp3) is 0.500. The molecule has 1 N–H and O–H groups in total. The molecule has 0 spiro atoms. The van der Waals surface area contributed by atoms with Crippen molar-refractivity contribution in [3.05, 3.63) is 33.1 Å². The molecule has 7 heteroatoms. The summed E-state index contributed by atoms with van der Waals surface area (Å²) in [5, 5.41) is 13.6. The first-order chi connectivity index (χ1) is 8.81. The minimum absolute atomic E-state index is 0.0524. The van der Waals surface area contributed by atoms with E-state index in [1.807, 2.05) is 0 Å². The average molecular weight is 284 g/mol. The lowest BCUT2D eigenvalue weighted by Crippen LogP contribution is -2.27. The number of carbonyl (C=O) groups excluding carboxylic acids is 1. The van der Waals surface area contributed by atoms with Gasteiger partial charge in [0.25, 0.3) is 11.6 Å². The molecule has 0 radical (unpaired) electrons. The van der Waals surface area contributed by atoms with Crippen LogP contribution in [0.5, 0.6) is 0 Å². The maximum Gasteiger partial charge on any atom is 0.300 e. The predicted octanol–water partition coefficient (Wildman–Crippen LogP) is 2.42. The van der Waals surface area contributed by atoms with Crippen molar-refractivity contribution in [1.82, 2.24) is 10.3 Å². The summed E-state index contributed by atoms with van der Waals surface area (Å²) in [6, 6.07) is 1.22. The molecule has 0 saturated heterocycles. The smallest absolute Gasteiger partial charge is 0.300 e.